The molecule has 0 heterocycles. The highest BCUT2D eigenvalue weighted by Gasteiger charge is 2.69. The summed E-state index contributed by atoms with van der Waals surface area (Å²) in [5.74, 6) is 3.34. The van der Waals surface area contributed by atoms with Gasteiger partial charge in [-0.3, -0.25) is 9.59 Å². The molecule has 27 heavy (non-hydrogen) atoms. The van der Waals surface area contributed by atoms with Crippen LogP contribution in [0.4, 0.5) is 0 Å². The molecule has 10 unspecified atom stereocenters. The molecule has 8 aliphatic rings. The molecular formula is C24H34O3. The zero-order valence-electron chi connectivity index (χ0n) is 17.3. The summed E-state index contributed by atoms with van der Waals surface area (Å²) >= 11 is 0. The fourth-order valence-electron chi connectivity index (χ4n) is 9.91. The quantitative estimate of drug-likeness (QED) is 0.715. The van der Waals surface area contributed by atoms with E-state index in [4.69, 9.17) is 4.74 Å². The lowest BCUT2D eigenvalue weighted by Gasteiger charge is -2.66. The van der Waals surface area contributed by atoms with Crippen molar-refractivity contribution in [1.82, 2.24) is 0 Å². The van der Waals surface area contributed by atoms with Crippen LogP contribution >= 0.6 is 0 Å². The van der Waals surface area contributed by atoms with Gasteiger partial charge in [0.1, 0.15) is 11.6 Å². The molecule has 0 spiro atoms. The minimum atomic E-state index is -0.323. The lowest BCUT2D eigenvalue weighted by Crippen LogP contribution is -2.69. The normalized spacial score (nSPS) is 63.3. The summed E-state index contributed by atoms with van der Waals surface area (Å²) in [7, 11) is 0. The first-order valence-corrected chi connectivity index (χ1v) is 11.3. The van der Waals surface area contributed by atoms with Crippen molar-refractivity contribution in [1.29, 1.82) is 0 Å². The largest absolute Gasteiger partial charge is 0.372 e. The van der Waals surface area contributed by atoms with Crippen molar-refractivity contribution in [2.75, 3.05) is 0 Å². The summed E-state index contributed by atoms with van der Waals surface area (Å²) in [6.07, 6.45) is 8.73. The predicted molar refractivity (Wildman–Crippen MR) is 102 cm³/mol. The van der Waals surface area contributed by atoms with Gasteiger partial charge in [-0.15, -0.1) is 0 Å². The van der Waals surface area contributed by atoms with Gasteiger partial charge in [0, 0.05) is 10.8 Å². The number of carbonyl (C=O) groups is 2. The van der Waals surface area contributed by atoms with E-state index in [9.17, 15) is 9.59 Å². The molecule has 0 aromatic heterocycles. The molecule has 8 aliphatic carbocycles. The van der Waals surface area contributed by atoms with Gasteiger partial charge in [-0.2, -0.15) is 0 Å². The van der Waals surface area contributed by atoms with Crippen LogP contribution in [-0.4, -0.2) is 23.8 Å². The summed E-state index contributed by atoms with van der Waals surface area (Å²) < 4.78 is 7.00. The van der Waals surface area contributed by atoms with Gasteiger partial charge in [0.05, 0.1) is 23.0 Å². The van der Waals surface area contributed by atoms with E-state index in [1.54, 1.807) is 0 Å². The van der Waals surface area contributed by atoms with Crippen LogP contribution in [0.5, 0.6) is 0 Å². The first-order valence-electron chi connectivity index (χ1n) is 11.3. The van der Waals surface area contributed by atoms with Crippen LogP contribution in [0.15, 0.2) is 0 Å². The third-order valence-electron chi connectivity index (χ3n) is 10.1. The van der Waals surface area contributed by atoms with E-state index in [0.717, 1.165) is 38.5 Å². The third kappa shape index (κ3) is 1.89. The fraction of sp³-hybridized carbons (Fsp3) is 0.917. The van der Waals surface area contributed by atoms with Crippen molar-refractivity contribution in [3.63, 3.8) is 0 Å². The molecule has 0 radical (unpaired) electrons. The zero-order chi connectivity index (χ0) is 19.0. The van der Waals surface area contributed by atoms with Gasteiger partial charge < -0.3 is 4.74 Å². The predicted octanol–water partition coefficient (Wildman–Crippen LogP) is 4.57. The SMILES string of the molecule is CC12CC3CC(C1)C(OC1C4CC5CC(C)(C4)C(=O)C1(C)C5)C(C)(C3)C2=O. The number of hydrogen-bond acceptors (Lipinski definition) is 3. The zero-order valence-corrected chi connectivity index (χ0v) is 17.3. The van der Waals surface area contributed by atoms with Crippen LogP contribution in [0, 0.1) is 45.3 Å². The van der Waals surface area contributed by atoms with E-state index < -0.39 is 0 Å². The highest BCUT2D eigenvalue weighted by atomic mass is 16.5. The molecule has 0 amide bonds. The van der Waals surface area contributed by atoms with Crippen LogP contribution in [0.25, 0.3) is 0 Å². The molecule has 8 bridgehead atoms. The summed E-state index contributed by atoms with van der Waals surface area (Å²) in [5, 5.41) is 0. The molecular weight excluding hydrogens is 336 g/mol. The second-order valence-electron chi connectivity index (χ2n) is 12.5. The monoisotopic (exact) mass is 370 g/mol. The van der Waals surface area contributed by atoms with Crippen molar-refractivity contribution in [3.8, 4) is 0 Å². The van der Waals surface area contributed by atoms with Crippen LogP contribution in [0.2, 0.25) is 0 Å². The number of rotatable bonds is 2. The molecule has 0 aliphatic heterocycles. The lowest BCUT2D eigenvalue weighted by atomic mass is 9.42. The average Bonchev–Trinajstić information content (AvgIpc) is 2.55. The Labute approximate surface area is 163 Å². The maximum atomic E-state index is 13.4. The Balaban J connectivity index is 1.36. The summed E-state index contributed by atoms with van der Waals surface area (Å²) in [6, 6.07) is 0. The van der Waals surface area contributed by atoms with Crippen LogP contribution in [-0.2, 0) is 14.3 Å². The van der Waals surface area contributed by atoms with Gasteiger partial charge in [-0.25, -0.2) is 0 Å². The van der Waals surface area contributed by atoms with Gasteiger partial charge in [-0.1, -0.05) is 27.7 Å². The Morgan fingerprint density at radius 1 is 0.667 bits per heavy atom. The van der Waals surface area contributed by atoms with E-state index in [-0.39, 0.29) is 33.9 Å². The minimum Gasteiger partial charge on any atom is -0.372 e. The van der Waals surface area contributed by atoms with E-state index in [1.807, 2.05) is 0 Å². The Hall–Kier alpha value is -0.700. The Morgan fingerprint density at radius 3 is 1.48 bits per heavy atom. The molecule has 8 rings (SSSR count). The number of hydrogen-bond donors (Lipinski definition) is 0. The van der Waals surface area contributed by atoms with E-state index in [0.29, 0.717) is 35.2 Å². The van der Waals surface area contributed by atoms with Crippen molar-refractivity contribution >= 4 is 11.6 Å². The summed E-state index contributed by atoms with van der Waals surface area (Å²) in [4.78, 5) is 26.8. The molecule has 0 N–H and O–H groups in total. The molecule has 10 atom stereocenters. The van der Waals surface area contributed by atoms with Gasteiger partial charge in [-0.05, 0) is 75.0 Å². The van der Waals surface area contributed by atoms with Crippen molar-refractivity contribution < 1.29 is 14.3 Å². The van der Waals surface area contributed by atoms with Crippen LogP contribution < -0.4 is 0 Å². The highest BCUT2D eigenvalue weighted by Crippen LogP contribution is 2.67. The third-order valence-corrected chi connectivity index (χ3v) is 10.1. The molecule has 0 aromatic carbocycles. The topological polar surface area (TPSA) is 43.4 Å². The summed E-state index contributed by atoms with van der Waals surface area (Å²) in [5.41, 5.74) is -0.872. The summed E-state index contributed by atoms with van der Waals surface area (Å²) in [6.45, 7) is 8.79. The molecule has 0 saturated heterocycles. The smallest absolute Gasteiger partial charge is 0.147 e. The van der Waals surface area contributed by atoms with Gasteiger partial charge in [0.25, 0.3) is 0 Å². The van der Waals surface area contributed by atoms with Gasteiger partial charge in [0.15, 0.2) is 0 Å². The highest BCUT2D eigenvalue weighted by molar-refractivity contribution is 5.93. The van der Waals surface area contributed by atoms with Gasteiger partial charge in [0.2, 0.25) is 0 Å². The van der Waals surface area contributed by atoms with E-state index in [1.165, 1.54) is 12.8 Å². The Bertz CT molecular complexity index is 697. The Morgan fingerprint density at radius 2 is 1.07 bits per heavy atom. The second kappa shape index (κ2) is 4.71. The average molecular weight is 371 g/mol. The van der Waals surface area contributed by atoms with Crippen LogP contribution in [0.3, 0.4) is 0 Å². The molecule has 8 saturated carbocycles. The van der Waals surface area contributed by atoms with Gasteiger partial charge >= 0.3 is 0 Å². The number of Topliss-reactive ketones (excluding diaryl/α,β-unsaturated/α-hetero) is 2. The van der Waals surface area contributed by atoms with Crippen molar-refractivity contribution in [3.05, 3.63) is 0 Å². The number of ketones is 2. The van der Waals surface area contributed by atoms with Crippen molar-refractivity contribution in [2.24, 2.45) is 45.3 Å². The van der Waals surface area contributed by atoms with Crippen molar-refractivity contribution in [2.45, 2.75) is 91.3 Å². The van der Waals surface area contributed by atoms with Crippen LogP contribution in [0.1, 0.15) is 79.1 Å². The van der Waals surface area contributed by atoms with E-state index >= 15 is 0 Å². The first kappa shape index (κ1) is 17.2. The minimum absolute atomic E-state index is 0.0367. The molecule has 8 fully saturated rings. The Kier molecular flexibility index (Phi) is 3.00. The number of ether oxygens (including phenoxy) is 1. The van der Waals surface area contributed by atoms with E-state index in [2.05, 4.69) is 27.7 Å². The maximum Gasteiger partial charge on any atom is 0.147 e. The molecule has 148 valence electrons. The standard InChI is InChI=1S/C24H34O3/c1-21-7-13-5-15(11-21)17(23(3,9-13)19(21)25)27-18-16-6-14-8-22(2,12-16)20(26)24(18,4)10-14/h13-18H,5-12H2,1-4H3. The fourth-order valence-corrected chi connectivity index (χ4v) is 9.91. The molecule has 3 nitrogen and oxygen atoms in total. The first-order chi connectivity index (χ1) is 12.6. The number of carbonyl (C=O) groups excluding carboxylic acids is 2. The molecule has 0 aromatic rings. The maximum absolute atomic E-state index is 13.4. The lowest BCUT2D eigenvalue weighted by molar-refractivity contribution is -0.251. The second-order valence-corrected chi connectivity index (χ2v) is 12.5. The molecule has 3 heteroatoms.